The normalized spacial score (nSPS) is 22.1. The zero-order valence-electron chi connectivity index (χ0n) is 13.2. The van der Waals surface area contributed by atoms with E-state index in [0.717, 1.165) is 4.31 Å². The van der Waals surface area contributed by atoms with E-state index in [1.54, 1.807) is 6.92 Å². The standard InChI is InChI=1S/C15H18ClNO6S/c1-9-3-4-10(14(18)19)8-17(9)24(21,22)13-6-11(15(20)23-2)5-12(16)7-13/h5-7,9-10H,3-4,8H2,1-2H3,(H,18,19). The summed E-state index contributed by atoms with van der Waals surface area (Å²) in [5, 5.41) is 9.25. The summed E-state index contributed by atoms with van der Waals surface area (Å²) in [5.74, 6) is -2.48. The van der Waals surface area contributed by atoms with Crippen molar-refractivity contribution in [1.29, 1.82) is 0 Å². The lowest BCUT2D eigenvalue weighted by molar-refractivity contribution is -0.143. The molecule has 1 aromatic carbocycles. The van der Waals surface area contributed by atoms with Crippen LogP contribution < -0.4 is 0 Å². The van der Waals surface area contributed by atoms with Gasteiger partial charge in [-0.2, -0.15) is 4.31 Å². The molecule has 1 aliphatic rings. The van der Waals surface area contributed by atoms with Gasteiger partial charge in [-0.1, -0.05) is 11.6 Å². The van der Waals surface area contributed by atoms with E-state index in [-0.39, 0.29) is 28.1 Å². The minimum Gasteiger partial charge on any atom is -0.481 e. The molecule has 2 atom stereocenters. The minimum absolute atomic E-state index is 0.0167. The van der Waals surface area contributed by atoms with Crippen LogP contribution in [0.25, 0.3) is 0 Å². The number of carboxylic acids is 1. The third kappa shape index (κ3) is 3.71. The summed E-state index contributed by atoms with van der Waals surface area (Å²) >= 11 is 5.93. The first-order valence-corrected chi connectivity index (χ1v) is 9.12. The average molecular weight is 376 g/mol. The van der Waals surface area contributed by atoms with E-state index in [2.05, 4.69) is 4.74 Å². The zero-order chi connectivity index (χ0) is 18.1. The Balaban J connectivity index is 2.44. The van der Waals surface area contributed by atoms with Crippen molar-refractivity contribution in [2.45, 2.75) is 30.7 Å². The van der Waals surface area contributed by atoms with Crippen LogP contribution in [0, 0.1) is 5.92 Å². The molecule has 2 unspecified atom stereocenters. The van der Waals surface area contributed by atoms with Crippen LogP contribution in [0.4, 0.5) is 0 Å². The first kappa shape index (κ1) is 18.7. The Morgan fingerprint density at radius 2 is 1.96 bits per heavy atom. The van der Waals surface area contributed by atoms with Gasteiger partial charge < -0.3 is 9.84 Å². The smallest absolute Gasteiger partial charge is 0.337 e. The van der Waals surface area contributed by atoms with Gasteiger partial charge in [0.15, 0.2) is 0 Å². The molecule has 0 saturated carbocycles. The first-order valence-electron chi connectivity index (χ1n) is 7.30. The number of hydrogen-bond donors (Lipinski definition) is 1. The number of sulfonamides is 1. The second-order valence-corrected chi connectivity index (χ2v) is 8.03. The number of esters is 1. The number of aliphatic carboxylic acids is 1. The fraction of sp³-hybridized carbons (Fsp3) is 0.467. The van der Waals surface area contributed by atoms with Gasteiger partial charge in [-0.15, -0.1) is 0 Å². The maximum atomic E-state index is 12.9. The molecule has 24 heavy (non-hydrogen) atoms. The molecule has 0 radical (unpaired) electrons. The number of methoxy groups -OCH3 is 1. The summed E-state index contributed by atoms with van der Waals surface area (Å²) in [7, 11) is -2.80. The minimum atomic E-state index is -3.99. The Morgan fingerprint density at radius 3 is 2.54 bits per heavy atom. The summed E-state index contributed by atoms with van der Waals surface area (Å²) in [5.41, 5.74) is 0.0167. The number of carbonyl (C=O) groups is 2. The number of carbonyl (C=O) groups excluding carboxylic acids is 1. The fourth-order valence-electron chi connectivity index (χ4n) is 2.69. The van der Waals surface area contributed by atoms with E-state index < -0.39 is 27.9 Å². The largest absolute Gasteiger partial charge is 0.481 e. The van der Waals surface area contributed by atoms with Crippen LogP contribution in [0.5, 0.6) is 0 Å². The Kier molecular flexibility index (Phi) is 5.52. The molecule has 0 spiro atoms. The summed E-state index contributed by atoms with van der Waals surface area (Å²) in [6.07, 6.45) is 0.867. The van der Waals surface area contributed by atoms with Crippen LogP contribution in [0.1, 0.15) is 30.1 Å². The van der Waals surface area contributed by atoms with Crippen LogP contribution in [-0.4, -0.2) is 49.5 Å². The van der Waals surface area contributed by atoms with Gasteiger partial charge in [0.25, 0.3) is 0 Å². The molecule has 1 fully saturated rings. The second-order valence-electron chi connectivity index (χ2n) is 5.70. The van der Waals surface area contributed by atoms with E-state index in [0.29, 0.717) is 12.8 Å². The van der Waals surface area contributed by atoms with Gasteiger partial charge in [-0.25, -0.2) is 13.2 Å². The lowest BCUT2D eigenvalue weighted by Gasteiger charge is -2.35. The van der Waals surface area contributed by atoms with Crippen molar-refractivity contribution in [2.24, 2.45) is 5.92 Å². The summed E-state index contributed by atoms with van der Waals surface area (Å²) in [4.78, 5) is 22.7. The van der Waals surface area contributed by atoms with Crippen molar-refractivity contribution in [3.63, 3.8) is 0 Å². The number of ether oxygens (including phenoxy) is 1. The summed E-state index contributed by atoms with van der Waals surface area (Å²) < 4.78 is 31.6. The van der Waals surface area contributed by atoms with Crippen LogP contribution in [0.15, 0.2) is 23.1 Å². The zero-order valence-corrected chi connectivity index (χ0v) is 14.8. The molecule has 132 valence electrons. The number of hydrogen-bond acceptors (Lipinski definition) is 5. The van der Waals surface area contributed by atoms with Crippen LogP contribution in [0.3, 0.4) is 0 Å². The Morgan fingerprint density at radius 1 is 1.29 bits per heavy atom. The van der Waals surface area contributed by atoms with Gasteiger partial charge in [0.2, 0.25) is 10.0 Å². The molecule has 7 nitrogen and oxygen atoms in total. The van der Waals surface area contributed by atoms with Gasteiger partial charge in [0, 0.05) is 17.6 Å². The van der Waals surface area contributed by atoms with Gasteiger partial charge >= 0.3 is 11.9 Å². The molecule has 0 bridgehead atoms. The molecular formula is C15H18ClNO6S. The molecule has 9 heteroatoms. The first-order chi connectivity index (χ1) is 11.2. The van der Waals surface area contributed by atoms with Crippen LogP contribution >= 0.6 is 11.6 Å². The maximum Gasteiger partial charge on any atom is 0.337 e. The van der Waals surface area contributed by atoms with Crippen molar-refractivity contribution in [2.75, 3.05) is 13.7 Å². The molecule has 0 aliphatic carbocycles. The van der Waals surface area contributed by atoms with Gasteiger partial charge in [-0.05, 0) is 38.0 Å². The van der Waals surface area contributed by atoms with E-state index in [9.17, 15) is 18.0 Å². The third-order valence-electron chi connectivity index (χ3n) is 4.07. The Bertz CT molecular complexity index is 763. The summed E-state index contributed by atoms with van der Waals surface area (Å²) in [6.45, 7) is 1.61. The predicted octanol–water partition coefficient (Wildman–Crippen LogP) is 2.00. The van der Waals surface area contributed by atoms with E-state index in [1.165, 1.54) is 25.3 Å². The molecule has 1 heterocycles. The molecule has 1 aromatic rings. The highest BCUT2D eigenvalue weighted by Crippen LogP contribution is 2.30. The van der Waals surface area contributed by atoms with E-state index in [1.807, 2.05) is 0 Å². The van der Waals surface area contributed by atoms with Gasteiger partial charge in [-0.3, -0.25) is 4.79 Å². The Hall–Kier alpha value is -1.64. The Labute approximate surface area is 145 Å². The monoisotopic (exact) mass is 375 g/mol. The van der Waals surface area contributed by atoms with Crippen LogP contribution in [-0.2, 0) is 19.6 Å². The molecule has 1 aliphatic heterocycles. The number of halogens is 1. The lowest BCUT2D eigenvalue weighted by atomic mass is 9.96. The van der Waals surface area contributed by atoms with E-state index >= 15 is 0 Å². The highest BCUT2D eigenvalue weighted by molar-refractivity contribution is 7.89. The van der Waals surface area contributed by atoms with Crippen molar-refractivity contribution in [1.82, 2.24) is 4.31 Å². The highest BCUT2D eigenvalue weighted by Gasteiger charge is 2.37. The molecule has 1 saturated heterocycles. The van der Waals surface area contributed by atoms with Crippen molar-refractivity contribution < 1.29 is 27.9 Å². The van der Waals surface area contributed by atoms with Crippen LogP contribution in [0.2, 0.25) is 5.02 Å². The molecule has 0 amide bonds. The number of rotatable bonds is 4. The molecule has 2 rings (SSSR count). The lowest BCUT2D eigenvalue weighted by Crippen LogP contribution is -2.47. The summed E-state index contributed by atoms with van der Waals surface area (Å²) in [6, 6.07) is 3.39. The van der Waals surface area contributed by atoms with Gasteiger partial charge in [0.1, 0.15) is 0 Å². The second kappa shape index (κ2) is 7.08. The topological polar surface area (TPSA) is 101 Å². The SMILES string of the molecule is COC(=O)c1cc(Cl)cc(S(=O)(=O)N2CC(C(=O)O)CCC2C)c1. The fourth-order valence-corrected chi connectivity index (χ4v) is 4.77. The maximum absolute atomic E-state index is 12.9. The molecule has 0 aromatic heterocycles. The van der Waals surface area contributed by atoms with Crippen molar-refractivity contribution >= 4 is 33.6 Å². The average Bonchev–Trinajstić information content (AvgIpc) is 2.53. The van der Waals surface area contributed by atoms with Crippen molar-refractivity contribution in [3.8, 4) is 0 Å². The molecular weight excluding hydrogens is 358 g/mol. The predicted molar refractivity (Wildman–Crippen MR) is 86.5 cm³/mol. The van der Waals surface area contributed by atoms with Gasteiger partial charge in [0.05, 0.1) is 23.5 Å². The van der Waals surface area contributed by atoms with E-state index in [4.69, 9.17) is 16.7 Å². The number of nitrogens with zero attached hydrogens (tertiary/aromatic N) is 1. The molecule has 1 N–H and O–H groups in total. The number of carboxylic acid groups (broad SMARTS) is 1. The number of benzene rings is 1. The third-order valence-corrected chi connectivity index (χ3v) is 6.25. The highest BCUT2D eigenvalue weighted by atomic mass is 35.5. The number of piperidine rings is 1. The van der Waals surface area contributed by atoms with Crippen molar-refractivity contribution in [3.05, 3.63) is 28.8 Å². The quantitative estimate of drug-likeness (QED) is 0.808.